The van der Waals surface area contributed by atoms with E-state index in [1.54, 1.807) is 24.3 Å². The molecule has 4 bridgehead atoms. The van der Waals surface area contributed by atoms with Crippen LogP contribution in [-0.4, -0.2) is 45.4 Å². The predicted molar refractivity (Wildman–Crippen MR) is 119 cm³/mol. The minimum Gasteiger partial charge on any atom is -0.464 e. The van der Waals surface area contributed by atoms with Gasteiger partial charge in [0.2, 0.25) is 0 Å². The molecule has 4 saturated carbocycles. The number of aryl methyl sites for hydroxylation is 1. The van der Waals surface area contributed by atoms with Gasteiger partial charge in [0.05, 0.1) is 12.6 Å². The molecule has 0 saturated heterocycles. The van der Waals surface area contributed by atoms with Crippen molar-refractivity contribution in [3.05, 3.63) is 59.2 Å². The third-order valence-corrected chi connectivity index (χ3v) is 7.38. The minimum absolute atomic E-state index is 0.0560. The molecule has 172 valence electrons. The van der Waals surface area contributed by atoms with Gasteiger partial charge < -0.3 is 4.74 Å². The number of carbonyl (C=O) groups is 3. The first-order chi connectivity index (χ1) is 15.9. The Labute approximate surface area is 192 Å². The molecule has 2 aromatic rings. The average molecular weight is 449 g/mol. The van der Waals surface area contributed by atoms with Gasteiger partial charge >= 0.3 is 5.97 Å². The van der Waals surface area contributed by atoms with Crippen molar-refractivity contribution in [2.45, 2.75) is 51.0 Å². The van der Waals surface area contributed by atoms with Crippen LogP contribution in [0.3, 0.4) is 0 Å². The Morgan fingerprint density at radius 1 is 0.909 bits per heavy atom. The average Bonchev–Trinajstić information content (AvgIpc) is 2.80. The number of aromatic nitrogens is 2. The molecule has 2 amide bonds. The number of ether oxygens (including phenoxy) is 1. The normalized spacial score (nSPS) is 27.2. The van der Waals surface area contributed by atoms with Crippen LogP contribution in [0.5, 0.6) is 0 Å². The van der Waals surface area contributed by atoms with Gasteiger partial charge in [-0.2, -0.15) is 0 Å². The van der Waals surface area contributed by atoms with E-state index in [0.29, 0.717) is 17.8 Å². The zero-order chi connectivity index (χ0) is 23.2. The lowest BCUT2D eigenvalue weighted by Crippen LogP contribution is -2.66. The molecule has 4 aliphatic carbocycles. The smallest absolute Gasteiger partial charge is 0.356 e. The second-order valence-corrected chi connectivity index (χ2v) is 9.79. The molecule has 4 fully saturated rings. The number of nitrogens with one attached hydrogen (secondary N) is 1. The van der Waals surface area contributed by atoms with E-state index in [0.717, 1.165) is 25.0 Å². The predicted octanol–water partition coefficient (Wildman–Crippen LogP) is 3.33. The molecule has 33 heavy (non-hydrogen) atoms. The van der Waals surface area contributed by atoms with Gasteiger partial charge in [-0.3, -0.25) is 15.0 Å². The van der Waals surface area contributed by atoms with Gasteiger partial charge in [0.15, 0.2) is 0 Å². The first-order valence-corrected chi connectivity index (χ1v) is 11.5. The van der Waals surface area contributed by atoms with E-state index < -0.39 is 23.3 Å². The van der Waals surface area contributed by atoms with Crippen LogP contribution in [-0.2, 0) is 4.74 Å². The fourth-order valence-electron chi connectivity index (χ4n) is 6.44. The molecular weight excluding hydrogens is 420 g/mol. The summed E-state index contributed by atoms with van der Waals surface area (Å²) >= 11 is 0. The summed E-state index contributed by atoms with van der Waals surface area (Å²) in [5, 5.41) is 1.52. The zero-order valence-electron chi connectivity index (χ0n) is 18.9. The van der Waals surface area contributed by atoms with E-state index in [2.05, 4.69) is 15.4 Å². The summed E-state index contributed by atoms with van der Waals surface area (Å²) in [6.45, 7) is 1.82. The highest BCUT2D eigenvalue weighted by Crippen LogP contribution is 2.57. The van der Waals surface area contributed by atoms with Gasteiger partial charge in [-0.05, 0) is 87.5 Å². The Balaban J connectivity index is 1.51. The Kier molecular flexibility index (Phi) is 5.38. The fraction of sp³-hybridized carbons (Fsp3) is 0.480. The summed E-state index contributed by atoms with van der Waals surface area (Å²) in [7, 11) is 1.27. The van der Waals surface area contributed by atoms with Crippen molar-refractivity contribution in [1.29, 1.82) is 0 Å². The molecule has 8 heteroatoms. The maximum Gasteiger partial charge on any atom is 0.356 e. The molecule has 0 aromatic carbocycles. The summed E-state index contributed by atoms with van der Waals surface area (Å²) in [6.07, 6.45) is 6.19. The van der Waals surface area contributed by atoms with Gasteiger partial charge in [-0.1, -0.05) is 12.1 Å². The number of methoxy groups -OCH3 is 1. The number of hydrogen-bond donors (Lipinski definition) is 1. The van der Waals surface area contributed by atoms with Crippen LogP contribution < -0.4 is 5.43 Å². The molecular formula is C25H28N4O4. The highest BCUT2D eigenvalue weighted by molar-refractivity contribution is 5.98. The summed E-state index contributed by atoms with van der Waals surface area (Å²) < 4.78 is 4.76. The number of carbonyl (C=O) groups excluding carboxylic acids is 3. The van der Waals surface area contributed by atoms with E-state index in [1.807, 2.05) is 13.0 Å². The molecule has 2 heterocycles. The summed E-state index contributed by atoms with van der Waals surface area (Å²) in [5.41, 5.74) is 3.60. The Hall–Kier alpha value is -3.29. The first kappa shape index (κ1) is 21.6. The quantitative estimate of drug-likeness (QED) is 0.569. The molecule has 6 rings (SSSR count). The van der Waals surface area contributed by atoms with Crippen LogP contribution in [0, 0.1) is 24.7 Å². The fourth-order valence-corrected chi connectivity index (χ4v) is 6.44. The number of esters is 1. The lowest BCUT2D eigenvalue weighted by atomic mass is 9.52. The standard InChI is InChI=1S/C25H28N4O4/c1-15-5-3-6-19(26-15)22(30)28-29(23(31)20-7-4-8-21(27-20)24(32)33-2)25-12-16-9-17(13-25)11-18(10-16)14-25/h3-8,16-18H,9-14H2,1-2H3,(H,28,30). The topological polar surface area (TPSA) is 101 Å². The van der Waals surface area contributed by atoms with E-state index in [-0.39, 0.29) is 17.1 Å². The van der Waals surface area contributed by atoms with Gasteiger partial charge in [-0.25, -0.2) is 19.8 Å². The highest BCUT2D eigenvalue weighted by atomic mass is 16.5. The van der Waals surface area contributed by atoms with Crippen molar-refractivity contribution < 1.29 is 19.1 Å². The second-order valence-electron chi connectivity index (χ2n) is 9.79. The largest absolute Gasteiger partial charge is 0.464 e. The lowest BCUT2D eigenvalue weighted by molar-refractivity contribution is -0.0877. The Morgan fingerprint density at radius 3 is 2.09 bits per heavy atom. The number of rotatable bonds is 4. The van der Waals surface area contributed by atoms with Crippen molar-refractivity contribution in [3.63, 3.8) is 0 Å². The van der Waals surface area contributed by atoms with E-state index in [4.69, 9.17) is 4.74 Å². The molecule has 0 unspecified atom stereocenters. The van der Waals surface area contributed by atoms with Gasteiger partial charge in [-0.15, -0.1) is 0 Å². The summed E-state index contributed by atoms with van der Waals surface area (Å²) in [4.78, 5) is 47.6. The minimum atomic E-state index is -0.612. The van der Waals surface area contributed by atoms with Crippen LogP contribution in [0.15, 0.2) is 36.4 Å². The molecule has 0 aliphatic heterocycles. The molecule has 4 aliphatic rings. The number of nitrogens with zero attached hydrogens (tertiary/aromatic N) is 3. The second kappa shape index (κ2) is 8.24. The molecule has 2 aromatic heterocycles. The van der Waals surface area contributed by atoms with Gasteiger partial charge in [0.25, 0.3) is 11.8 Å². The van der Waals surface area contributed by atoms with Crippen LogP contribution >= 0.6 is 0 Å². The van der Waals surface area contributed by atoms with Crippen molar-refractivity contribution in [2.24, 2.45) is 17.8 Å². The SMILES string of the molecule is COC(=O)c1cccc(C(=O)N(NC(=O)c2cccc(C)n2)C23CC4CC(CC(C4)C2)C3)n1. The lowest BCUT2D eigenvalue weighted by Gasteiger charge is -2.59. The Bertz CT molecular complexity index is 1080. The molecule has 8 nitrogen and oxygen atoms in total. The molecule has 0 atom stereocenters. The first-order valence-electron chi connectivity index (χ1n) is 11.5. The van der Waals surface area contributed by atoms with Crippen molar-refractivity contribution >= 4 is 17.8 Å². The van der Waals surface area contributed by atoms with Crippen LogP contribution in [0.2, 0.25) is 0 Å². The monoisotopic (exact) mass is 448 g/mol. The van der Waals surface area contributed by atoms with Gasteiger partial charge in [0.1, 0.15) is 17.1 Å². The third kappa shape index (κ3) is 3.98. The van der Waals surface area contributed by atoms with Gasteiger partial charge in [0, 0.05) is 5.69 Å². The third-order valence-electron chi connectivity index (χ3n) is 7.38. The van der Waals surface area contributed by atoms with E-state index in [9.17, 15) is 14.4 Å². The van der Waals surface area contributed by atoms with Crippen LogP contribution in [0.1, 0.15) is 75.7 Å². The number of hydrogen-bond acceptors (Lipinski definition) is 6. The van der Waals surface area contributed by atoms with E-state index >= 15 is 0 Å². The summed E-state index contributed by atoms with van der Waals surface area (Å²) in [5.74, 6) is 0.245. The zero-order valence-corrected chi connectivity index (χ0v) is 18.9. The molecule has 1 N–H and O–H groups in total. The Morgan fingerprint density at radius 2 is 1.48 bits per heavy atom. The van der Waals surface area contributed by atoms with Crippen molar-refractivity contribution in [3.8, 4) is 0 Å². The van der Waals surface area contributed by atoms with Crippen molar-refractivity contribution in [1.82, 2.24) is 20.4 Å². The number of hydrazine groups is 1. The number of amides is 2. The summed E-state index contributed by atoms with van der Waals surface area (Å²) in [6, 6.07) is 9.91. The van der Waals surface area contributed by atoms with Crippen molar-refractivity contribution in [2.75, 3.05) is 7.11 Å². The van der Waals surface area contributed by atoms with E-state index in [1.165, 1.54) is 37.4 Å². The maximum absolute atomic E-state index is 13.8. The molecule has 0 spiro atoms. The number of pyridine rings is 2. The van der Waals surface area contributed by atoms with Crippen LogP contribution in [0.25, 0.3) is 0 Å². The maximum atomic E-state index is 13.8. The molecule has 0 radical (unpaired) electrons. The highest BCUT2D eigenvalue weighted by Gasteiger charge is 2.55. The van der Waals surface area contributed by atoms with Crippen LogP contribution in [0.4, 0.5) is 0 Å².